The molecule has 1 aromatic rings. The summed E-state index contributed by atoms with van der Waals surface area (Å²) in [5.41, 5.74) is 0.636. The molecule has 3 nitrogen and oxygen atoms in total. The molecule has 0 fully saturated rings. The molecule has 15 heavy (non-hydrogen) atoms. The van der Waals surface area contributed by atoms with E-state index in [-0.39, 0.29) is 0 Å². The van der Waals surface area contributed by atoms with Gasteiger partial charge in [-0.2, -0.15) is 0 Å². The van der Waals surface area contributed by atoms with Crippen molar-refractivity contribution in [2.75, 3.05) is 6.54 Å². The molecule has 1 aromatic carbocycles. The second-order valence-corrected chi connectivity index (χ2v) is 4.29. The number of carboxylic acids is 1. The van der Waals surface area contributed by atoms with Gasteiger partial charge in [-0.15, -0.1) is 0 Å². The number of carbonyl (C=O) groups is 1. The smallest absolute Gasteiger partial charge is 0.325 e. The Morgan fingerprint density at radius 2 is 2.33 bits per heavy atom. The van der Waals surface area contributed by atoms with Crippen LogP contribution in [0.5, 0.6) is 0 Å². The summed E-state index contributed by atoms with van der Waals surface area (Å²) in [4.78, 5) is 11.0. The van der Waals surface area contributed by atoms with Gasteiger partial charge >= 0.3 is 5.97 Å². The predicted molar refractivity (Wildman–Crippen MR) is 63.2 cm³/mol. The summed E-state index contributed by atoms with van der Waals surface area (Å²) >= 11 is 9.13. The van der Waals surface area contributed by atoms with Crippen LogP contribution in [0.15, 0.2) is 22.7 Å². The van der Waals surface area contributed by atoms with E-state index in [0.717, 1.165) is 4.47 Å². The summed E-state index contributed by atoms with van der Waals surface area (Å²) < 4.78 is 0.736. The van der Waals surface area contributed by atoms with Gasteiger partial charge in [0.25, 0.3) is 0 Å². The molecule has 0 amide bonds. The molecule has 5 heteroatoms. The minimum absolute atomic E-state index is 0.525. The maximum absolute atomic E-state index is 11.0. The van der Waals surface area contributed by atoms with Crippen molar-refractivity contribution in [1.82, 2.24) is 5.32 Å². The number of nitrogens with one attached hydrogen (secondary N) is 1. The molecule has 0 aliphatic carbocycles. The van der Waals surface area contributed by atoms with Gasteiger partial charge in [0.15, 0.2) is 0 Å². The first kappa shape index (κ1) is 12.5. The Bertz CT molecular complexity index is 370. The van der Waals surface area contributed by atoms with Gasteiger partial charge in [-0.3, -0.25) is 4.79 Å². The molecule has 82 valence electrons. The second-order valence-electron chi connectivity index (χ2n) is 2.99. The van der Waals surface area contributed by atoms with Gasteiger partial charge in [0.05, 0.1) is 0 Å². The summed E-state index contributed by atoms with van der Waals surface area (Å²) in [5, 5.41) is 12.5. The molecule has 1 rings (SSSR count). The average molecular weight is 293 g/mol. The van der Waals surface area contributed by atoms with Crippen molar-refractivity contribution in [2.24, 2.45) is 0 Å². The first-order valence-electron chi connectivity index (χ1n) is 4.47. The van der Waals surface area contributed by atoms with Crippen molar-refractivity contribution in [3.8, 4) is 0 Å². The van der Waals surface area contributed by atoms with Crippen molar-refractivity contribution < 1.29 is 9.90 Å². The third kappa shape index (κ3) is 3.19. The van der Waals surface area contributed by atoms with E-state index in [1.165, 1.54) is 0 Å². The largest absolute Gasteiger partial charge is 0.480 e. The zero-order chi connectivity index (χ0) is 11.4. The van der Waals surface area contributed by atoms with Crippen LogP contribution < -0.4 is 5.32 Å². The molecule has 1 atom stereocenters. The molecule has 0 aliphatic rings. The molecule has 1 unspecified atom stereocenters. The van der Waals surface area contributed by atoms with Crippen LogP contribution in [0.4, 0.5) is 0 Å². The number of carboxylic acid groups (broad SMARTS) is 1. The fourth-order valence-electron chi connectivity index (χ4n) is 1.27. The number of halogens is 2. The van der Waals surface area contributed by atoms with E-state index in [1.807, 2.05) is 6.92 Å². The highest BCUT2D eigenvalue weighted by molar-refractivity contribution is 9.10. The van der Waals surface area contributed by atoms with Gasteiger partial charge in [-0.05, 0) is 30.3 Å². The van der Waals surface area contributed by atoms with E-state index in [2.05, 4.69) is 21.2 Å². The SMILES string of the molecule is CCNC(C(=O)O)c1cc(Cl)ccc1Br. The van der Waals surface area contributed by atoms with Crippen molar-refractivity contribution in [2.45, 2.75) is 13.0 Å². The van der Waals surface area contributed by atoms with E-state index in [0.29, 0.717) is 17.1 Å². The van der Waals surface area contributed by atoms with Gasteiger partial charge in [-0.1, -0.05) is 34.5 Å². The van der Waals surface area contributed by atoms with Gasteiger partial charge in [0.2, 0.25) is 0 Å². The molecule has 0 radical (unpaired) electrons. The molecule has 0 saturated heterocycles. The van der Waals surface area contributed by atoms with E-state index < -0.39 is 12.0 Å². The highest BCUT2D eigenvalue weighted by atomic mass is 79.9. The minimum atomic E-state index is -0.917. The Hall–Kier alpha value is -0.580. The quantitative estimate of drug-likeness (QED) is 0.897. The number of rotatable bonds is 4. The number of aliphatic carboxylic acids is 1. The van der Waals surface area contributed by atoms with E-state index >= 15 is 0 Å². The zero-order valence-corrected chi connectivity index (χ0v) is 10.5. The normalized spacial score (nSPS) is 12.5. The van der Waals surface area contributed by atoms with E-state index in [1.54, 1.807) is 18.2 Å². The van der Waals surface area contributed by atoms with E-state index in [4.69, 9.17) is 16.7 Å². The number of hydrogen-bond acceptors (Lipinski definition) is 2. The van der Waals surface area contributed by atoms with Crippen molar-refractivity contribution >= 4 is 33.5 Å². The fraction of sp³-hybridized carbons (Fsp3) is 0.300. The van der Waals surface area contributed by atoms with Gasteiger partial charge < -0.3 is 10.4 Å². The van der Waals surface area contributed by atoms with Gasteiger partial charge in [0, 0.05) is 9.50 Å². The summed E-state index contributed by atoms with van der Waals surface area (Å²) in [6, 6.07) is 4.36. The lowest BCUT2D eigenvalue weighted by Crippen LogP contribution is -2.28. The van der Waals surface area contributed by atoms with Gasteiger partial charge in [0.1, 0.15) is 6.04 Å². The summed E-state index contributed by atoms with van der Waals surface area (Å²) in [5.74, 6) is -0.917. The van der Waals surface area contributed by atoms with Crippen molar-refractivity contribution in [3.05, 3.63) is 33.3 Å². The third-order valence-corrected chi connectivity index (χ3v) is 2.88. The Kier molecular flexibility index (Phi) is 4.57. The van der Waals surface area contributed by atoms with Crippen LogP contribution >= 0.6 is 27.5 Å². The van der Waals surface area contributed by atoms with Crippen LogP contribution in [-0.2, 0) is 4.79 Å². The number of likely N-dealkylation sites (N-methyl/N-ethyl adjacent to an activating group) is 1. The van der Waals surface area contributed by atoms with Crippen LogP contribution in [0, 0.1) is 0 Å². The van der Waals surface area contributed by atoms with Crippen LogP contribution in [0.2, 0.25) is 5.02 Å². The Morgan fingerprint density at radius 1 is 1.67 bits per heavy atom. The lowest BCUT2D eigenvalue weighted by Gasteiger charge is -2.15. The number of hydrogen-bond donors (Lipinski definition) is 2. The Labute approximate surface area is 102 Å². The average Bonchev–Trinajstić information content (AvgIpc) is 2.18. The maximum atomic E-state index is 11.0. The topological polar surface area (TPSA) is 49.3 Å². The molecular weight excluding hydrogens is 281 g/mol. The Balaban J connectivity index is 3.09. The standard InChI is InChI=1S/C10H11BrClNO2/c1-2-13-9(10(14)15)7-5-6(12)3-4-8(7)11/h3-5,9,13H,2H2,1H3,(H,14,15). The highest BCUT2D eigenvalue weighted by Gasteiger charge is 2.20. The third-order valence-electron chi connectivity index (χ3n) is 1.92. The molecular formula is C10H11BrClNO2. The first-order chi connectivity index (χ1) is 7.06. The predicted octanol–water partition coefficient (Wildman–Crippen LogP) is 2.84. The second kappa shape index (κ2) is 5.49. The summed E-state index contributed by atoms with van der Waals surface area (Å²) in [6.07, 6.45) is 0. The molecule has 0 aromatic heterocycles. The summed E-state index contributed by atoms with van der Waals surface area (Å²) in [7, 11) is 0. The first-order valence-corrected chi connectivity index (χ1v) is 5.64. The fourth-order valence-corrected chi connectivity index (χ4v) is 1.93. The van der Waals surface area contributed by atoms with Crippen LogP contribution in [0.1, 0.15) is 18.5 Å². The van der Waals surface area contributed by atoms with Crippen LogP contribution in [-0.4, -0.2) is 17.6 Å². The highest BCUT2D eigenvalue weighted by Crippen LogP contribution is 2.26. The van der Waals surface area contributed by atoms with Crippen molar-refractivity contribution in [1.29, 1.82) is 0 Å². The zero-order valence-electron chi connectivity index (χ0n) is 8.13. The molecule has 0 heterocycles. The molecule has 0 aliphatic heterocycles. The monoisotopic (exact) mass is 291 g/mol. The lowest BCUT2D eigenvalue weighted by molar-refractivity contribution is -0.139. The molecule has 2 N–H and O–H groups in total. The van der Waals surface area contributed by atoms with Crippen molar-refractivity contribution in [3.63, 3.8) is 0 Å². The Morgan fingerprint density at radius 3 is 2.87 bits per heavy atom. The maximum Gasteiger partial charge on any atom is 0.325 e. The number of benzene rings is 1. The van der Waals surface area contributed by atoms with E-state index in [9.17, 15) is 4.79 Å². The van der Waals surface area contributed by atoms with Gasteiger partial charge in [-0.25, -0.2) is 0 Å². The van der Waals surface area contributed by atoms with Crippen LogP contribution in [0.25, 0.3) is 0 Å². The minimum Gasteiger partial charge on any atom is -0.480 e. The molecule has 0 bridgehead atoms. The molecule has 0 spiro atoms. The summed E-state index contributed by atoms with van der Waals surface area (Å²) in [6.45, 7) is 2.43. The molecule has 0 saturated carbocycles. The lowest BCUT2D eigenvalue weighted by atomic mass is 10.1. The van der Waals surface area contributed by atoms with Crippen LogP contribution in [0.3, 0.4) is 0 Å².